The number of aryl methyl sites for hydroxylation is 1. The first kappa shape index (κ1) is 26.0. The zero-order valence-electron chi connectivity index (χ0n) is 19.2. The fourth-order valence-corrected chi connectivity index (χ4v) is 3.90. The highest BCUT2D eigenvalue weighted by Crippen LogP contribution is 2.27. The molecule has 0 aliphatic rings. The van der Waals surface area contributed by atoms with E-state index >= 15 is 0 Å². The molecule has 5 nitrogen and oxygen atoms in total. The van der Waals surface area contributed by atoms with E-state index in [4.69, 9.17) is 27.9 Å². The summed E-state index contributed by atoms with van der Waals surface area (Å²) in [7, 11) is 0. The van der Waals surface area contributed by atoms with Gasteiger partial charge in [-0.2, -0.15) is 0 Å². The van der Waals surface area contributed by atoms with Crippen molar-refractivity contribution in [3.63, 3.8) is 0 Å². The Hall–Kier alpha value is -2.24. The lowest BCUT2D eigenvalue weighted by molar-refractivity contribution is -0.143. The molecule has 174 valence electrons. The van der Waals surface area contributed by atoms with Crippen LogP contribution in [0.3, 0.4) is 0 Å². The maximum atomic E-state index is 13.3. The van der Waals surface area contributed by atoms with Crippen molar-refractivity contribution >= 4 is 35.0 Å². The first-order valence-electron chi connectivity index (χ1n) is 11.0. The number of nitrogens with zero attached hydrogens (tertiary/aromatic N) is 1. The Kier molecular flexibility index (Phi) is 10.3. The van der Waals surface area contributed by atoms with Crippen molar-refractivity contribution in [1.29, 1.82) is 0 Å². The molecule has 1 atom stereocenters. The number of ether oxygens (including phenoxy) is 1. The molecule has 2 rings (SSSR count). The molecule has 0 spiro atoms. The first-order chi connectivity index (χ1) is 15.3. The molecule has 0 aliphatic heterocycles. The van der Waals surface area contributed by atoms with Gasteiger partial charge >= 0.3 is 0 Å². The first-order valence-corrected chi connectivity index (χ1v) is 11.7. The lowest BCUT2D eigenvalue weighted by atomic mass is 10.1. The van der Waals surface area contributed by atoms with Crippen LogP contribution in [0.25, 0.3) is 0 Å². The van der Waals surface area contributed by atoms with Crippen LogP contribution in [0.15, 0.2) is 36.4 Å². The number of rotatable bonds is 11. The molecule has 0 saturated heterocycles. The molecule has 7 heteroatoms. The molecule has 0 saturated carbocycles. The number of unbranched alkanes of at least 4 members (excludes halogenated alkanes) is 1. The van der Waals surface area contributed by atoms with Gasteiger partial charge in [-0.1, -0.05) is 61.7 Å². The highest BCUT2D eigenvalue weighted by molar-refractivity contribution is 6.36. The van der Waals surface area contributed by atoms with E-state index in [1.54, 1.807) is 18.2 Å². The summed E-state index contributed by atoms with van der Waals surface area (Å²) in [6.45, 7) is 8.38. The largest absolute Gasteiger partial charge is 0.483 e. The van der Waals surface area contributed by atoms with Gasteiger partial charge in [0.15, 0.2) is 6.61 Å². The van der Waals surface area contributed by atoms with Crippen LogP contribution in [-0.2, 0) is 16.1 Å². The Morgan fingerprint density at radius 2 is 1.72 bits per heavy atom. The van der Waals surface area contributed by atoms with E-state index in [0.717, 1.165) is 24.0 Å². The van der Waals surface area contributed by atoms with Crippen LogP contribution in [0, 0.1) is 13.8 Å². The van der Waals surface area contributed by atoms with Crippen LogP contribution in [0.1, 0.15) is 49.8 Å². The van der Waals surface area contributed by atoms with Gasteiger partial charge in [-0.3, -0.25) is 9.59 Å². The van der Waals surface area contributed by atoms with Crippen molar-refractivity contribution < 1.29 is 14.3 Å². The van der Waals surface area contributed by atoms with Crippen LogP contribution < -0.4 is 10.1 Å². The van der Waals surface area contributed by atoms with E-state index in [1.165, 1.54) is 4.90 Å². The third kappa shape index (κ3) is 6.88. The molecule has 0 unspecified atom stereocenters. The van der Waals surface area contributed by atoms with Gasteiger partial charge < -0.3 is 15.0 Å². The molecule has 1 N–H and O–H groups in total. The highest BCUT2D eigenvalue weighted by atomic mass is 35.5. The van der Waals surface area contributed by atoms with Gasteiger partial charge in [0, 0.05) is 28.7 Å². The SMILES string of the molecule is CCCCNC(=O)[C@@H](CC)N(Cc1c(Cl)cccc1Cl)C(=O)COc1cccc(C)c1C. The zero-order valence-corrected chi connectivity index (χ0v) is 20.7. The third-order valence-electron chi connectivity index (χ3n) is 5.51. The van der Waals surface area contributed by atoms with Crippen molar-refractivity contribution in [2.24, 2.45) is 0 Å². The Balaban J connectivity index is 2.28. The normalized spacial score (nSPS) is 11.7. The van der Waals surface area contributed by atoms with Crippen molar-refractivity contribution in [3.05, 3.63) is 63.1 Å². The molecule has 0 heterocycles. The van der Waals surface area contributed by atoms with Gasteiger partial charge in [0.1, 0.15) is 11.8 Å². The summed E-state index contributed by atoms with van der Waals surface area (Å²) in [5.41, 5.74) is 2.66. The van der Waals surface area contributed by atoms with Crippen molar-refractivity contribution in [1.82, 2.24) is 10.2 Å². The molecule has 0 aromatic heterocycles. The fourth-order valence-electron chi connectivity index (χ4n) is 3.38. The Morgan fingerprint density at radius 3 is 2.34 bits per heavy atom. The summed E-state index contributed by atoms with van der Waals surface area (Å²) in [6.07, 6.45) is 2.30. The summed E-state index contributed by atoms with van der Waals surface area (Å²) < 4.78 is 5.84. The average Bonchev–Trinajstić information content (AvgIpc) is 2.76. The van der Waals surface area contributed by atoms with Crippen LogP contribution in [-0.4, -0.2) is 35.9 Å². The number of amides is 2. The summed E-state index contributed by atoms with van der Waals surface area (Å²) in [4.78, 5) is 27.7. The van der Waals surface area contributed by atoms with Crippen molar-refractivity contribution in [2.45, 2.75) is 59.5 Å². The van der Waals surface area contributed by atoms with Gasteiger partial charge in [-0.25, -0.2) is 0 Å². The standard InChI is InChI=1S/C25H32Cl2N2O3/c1-5-7-14-28-25(31)22(6-2)29(15-19-20(26)11-9-12-21(19)27)24(30)16-32-23-13-8-10-17(3)18(23)4/h8-13,22H,5-7,14-16H2,1-4H3,(H,28,31)/t22-/m1/s1. The number of carbonyl (C=O) groups excluding carboxylic acids is 2. The zero-order chi connectivity index (χ0) is 23.7. The van der Waals surface area contributed by atoms with Crippen molar-refractivity contribution in [2.75, 3.05) is 13.2 Å². The fraction of sp³-hybridized carbons (Fsp3) is 0.440. The van der Waals surface area contributed by atoms with Crippen molar-refractivity contribution in [3.8, 4) is 5.75 Å². The lowest BCUT2D eigenvalue weighted by Crippen LogP contribution is -2.50. The second-order valence-corrected chi connectivity index (χ2v) is 8.59. The van der Waals surface area contributed by atoms with E-state index < -0.39 is 6.04 Å². The smallest absolute Gasteiger partial charge is 0.261 e. The predicted octanol–water partition coefficient (Wildman–Crippen LogP) is 5.71. The highest BCUT2D eigenvalue weighted by Gasteiger charge is 2.30. The van der Waals surface area contributed by atoms with E-state index in [0.29, 0.717) is 34.3 Å². The van der Waals surface area contributed by atoms with Gasteiger partial charge in [0.05, 0.1) is 0 Å². The minimum atomic E-state index is -0.658. The number of hydrogen-bond donors (Lipinski definition) is 1. The van der Waals surface area contributed by atoms with Gasteiger partial charge in [-0.05, 0) is 56.0 Å². The van der Waals surface area contributed by atoms with Crippen LogP contribution >= 0.6 is 23.2 Å². The molecule has 0 aliphatic carbocycles. The molecule has 0 fully saturated rings. The lowest BCUT2D eigenvalue weighted by Gasteiger charge is -2.31. The van der Waals surface area contributed by atoms with Crippen LogP contribution in [0.4, 0.5) is 0 Å². The van der Waals surface area contributed by atoms with Gasteiger partial charge in [0.2, 0.25) is 5.91 Å². The average molecular weight is 479 g/mol. The molecule has 0 radical (unpaired) electrons. The molecule has 32 heavy (non-hydrogen) atoms. The maximum absolute atomic E-state index is 13.3. The predicted molar refractivity (Wildman–Crippen MR) is 130 cm³/mol. The van der Waals surface area contributed by atoms with E-state index in [1.807, 2.05) is 39.0 Å². The minimum absolute atomic E-state index is 0.118. The molecule has 2 aromatic rings. The second-order valence-electron chi connectivity index (χ2n) is 7.78. The molecular weight excluding hydrogens is 447 g/mol. The van der Waals surface area contributed by atoms with E-state index in [2.05, 4.69) is 12.2 Å². The summed E-state index contributed by atoms with van der Waals surface area (Å²) in [5.74, 6) is 0.151. The summed E-state index contributed by atoms with van der Waals surface area (Å²) >= 11 is 12.7. The number of benzene rings is 2. The van der Waals surface area contributed by atoms with Crippen LogP contribution in [0.2, 0.25) is 10.0 Å². The molecule has 0 bridgehead atoms. The molecule has 2 amide bonds. The topological polar surface area (TPSA) is 58.6 Å². The maximum Gasteiger partial charge on any atom is 0.261 e. The quantitative estimate of drug-likeness (QED) is 0.420. The number of halogens is 2. The van der Waals surface area contributed by atoms with Crippen LogP contribution in [0.5, 0.6) is 5.75 Å². The van der Waals surface area contributed by atoms with Gasteiger partial charge in [-0.15, -0.1) is 0 Å². The minimum Gasteiger partial charge on any atom is -0.483 e. The monoisotopic (exact) mass is 478 g/mol. The Labute approximate surface area is 201 Å². The second kappa shape index (κ2) is 12.7. The Morgan fingerprint density at radius 1 is 1.06 bits per heavy atom. The van der Waals surface area contributed by atoms with Gasteiger partial charge in [0.25, 0.3) is 5.91 Å². The molecular formula is C25H32Cl2N2O3. The van der Waals surface area contributed by atoms with E-state index in [9.17, 15) is 9.59 Å². The molecule has 2 aromatic carbocycles. The number of hydrogen-bond acceptors (Lipinski definition) is 3. The number of nitrogens with one attached hydrogen (secondary N) is 1. The third-order valence-corrected chi connectivity index (χ3v) is 6.22. The Bertz CT molecular complexity index is 913. The number of carbonyl (C=O) groups is 2. The summed E-state index contributed by atoms with van der Waals surface area (Å²) in [6, 6.07) is 10.2. The summed E-state index contributed by atoms with van der Waals surface area (Å²) in [5, 5.41) is 3.84. The van der Waals surface area contributed by atoms with E-state index in [-0.39, 0.29) is 25.0 Å².